The van der Waals surface area contributed by atoms with Gasteiger partial charge < -0.3 is 16.5 Å². The van der Waals surface area contributed by atoms with Gasteiger partial charge in [0, 0.05) is 11.7 Å². The fraction of sp³-hybridized carbons (Fsp3) is 0.462. The fourth-order valence-electron chi connectivity index (χ4n) is 4.60. The van der Waals surface area contributed by atoms with Gasteiger partial charge in [0.15, 0.2) is 5.16 Å². The van der Waals surface area contributed by atoms with E-state index in [-0.39, 0.29) is 23.0 Å². The molecular formula is C26H33N5O3S2. The Morgan fingerprint density at radius 1 is 1.22 bits per heavy atom. The summed E-state index contributed by atoms with van der Waals surface area (Å²) in [6, 6.07) is 6.01. The quantitative estimate of drug-likeness (QED) is 0.233. The lowest BCUT2D eigenvalue weighted by Gasteiger charge is -2.25. The molecule has 192 valence electrons. The second-order valence-corrected chi connectivity index (χ2v) is 11.6. The number of nitrogens with two attached hydrogens (primary N) is 1. The van der Waals surface area contributed by atoms with Crippen LogP contribution in [0.4, 0.5) is 5.69 Å². The van der Waals surface area contributed by atoms with Gasteiger partial charge in [-0.05, 0) is 57.2 Å². The molecule has 36 heavy (non-hydrogen) atoms. The van der Waals surface area contributed by atoms with Gasteiger partial charge in [0.05, 0.1) is 15.5 Å². The summed E-state index contributed by atoms with van der Waals surface area (Å²) in [5.74, 6) is 5.79. The number of fused-ring (bicyclic) bond motifs is 1. The van der Waals surface area contributed by atoms with Gasteiger partial charge >= 0.3 is 0 Å². The summed E-state index contributed by atoms with van der Waals surface area (Å²) in [5.41, 5.74) is 2.91. The summed E-state index contributed by atoms with van der Waals surface area (Å²) in [5, 5.41) is 6.28. The molecule has 2 aromatic heterocycles. The molecule has 1 saturated carbocycles. The van der Waals surface area contributed by atoms with Crippen LogP contribution in [-0.2, 0) is 4.79 Å². The molecule has 1 aliphatic carbocycles. The number of thiophene rings is 1. The number of hydrogen-bond donors (Lipinski definition) is 3. The first-order valence-electron chi connectivity index (χ1n) is 12.4. The van der Waals surface area contributed by atoms with Crippen molar-refractivity contribution in [2.75, 3.05) is 11.2 Å². The average Bonchev–Trinajstić information content (AvgIpc) is 3.18. The molecule has 1 unspecified atom stereocenters. The Morgan fingerprint density at radius 2 is 1.94 bits per heavy atom. The Balaban J connectivity index is 1.59. The first kappa shape index (κ1) is 26.2. The first-order valence-corrected chi connectivity index (χ1v) is 14.1. The number of thioether (sulfide) groups is 1. The highest BCUT2D eigenvalue weighted by molar-refractivity contribution is 8.00. The third-order valence-corrected chi connectivity index (χ3v) is 9.18. The van der Waals surface area contributed by atoms with E-state index in [4.69, 9.17) is 5.84 Å². The maximum absolute atomic E-state index is 13.2. The van der Waals surface area contributed by atoms with E-state index in [2.05, 4.69) is 15.6 Å². The summed E-state index contributed by atoms with van der Waals surface area (Å²) in [7, 11) is 0. The standard InChI is InChI=1S/C26H33N5O3S2/c1-5-19(22(32)28-17-9-7-6-8-10-17)35-26-30-24-20(25(34)31(26)27)16(4)21(36-24)23(33)29-18-12-11-14(2)13-15(18)3/h11-13,17,19H,5-10,27H2,1-4H3,(H,28,32)(H,29,33). The monoisotopic (exact) mass is 527 g/mol. The molecule has 8 nitrogen and oxygen atoms in total. The zero-order valence-corrected chi connectivity index (χ0v) is 22.8. The molecule has 0 saturated heterocycles. The molecule has 10 heteroatoms. The van der Waals surface area contributed by atoms with Crippen molar-refractivity contribution in [2.45, 2.75) is 82.7 Å². The molecule has 0 spiro atoms. The largest absolute Gasteiger partial charge is 0.352 e. The minimum atomic E-state index is -0.427. The molecule has 4 N–H and O–H groups in total. The van der Waals surface area contributed by atoms with Crippen molar-refractivity contribution in [3.8, 4) is 0 Å². The smallest absolute Gasteiger partial charge is 0.281 e. The van der Waals surface area contributed by atoms with Crippen molar-refractivity contribution in [1.82, 2.24) is 15.0 Å². The Bertz CT molecular complexity index is 1360. The highest BCUT2D eigenvalue weighted by Crippen LogP contribution is 2.31. The lowest BCUT2D eigenvalue weighted by atomic mass is 9.95. The van der Waals surface area contributed by atoms with E-state index in [9.17, 15) is 14.4 Å². The molecule has 4 rings (SSSR count). The highest BCUT2D eigenvalue weighted by atomic mass is 32.2. The number of rotatable bonds is 7. The molecule has 1 aromatic carbocycles. The molecule has 0 radical (unpaired) electrons. The van der Waals surface area contributed by atoms with Crippen LogP contribution in [-0.4, -0.2) is 32.8 Å². The van der Waals surface area contributed by atoms with Crippen LogP contribution >= 0.6 is 23.1 Å². The number of aromatic nitrogens is 2. The number of nitrogens with zero attached hydrogens (tertiary/aromatic N) is 2. The number of nitrogens with one attached hydrogen (secondary N) is 2. The number of amides is 2. The van der Waals surface area contributed by atoms with Gasteiger partial charge in [-0.2, -0.15) is 0 Å². The van der Waals surface area contributed by atoms with Gasteiger partial charge in [-0.25, -0.2) is 9.66 Å². The zero-order valence-electron chi connectivity index (χ0n) is 21.1. The lowest BCUT2D eigenvalue weighted by molar-refractivity contribution is -0.121. The van der Waals surface area contributed by atoms with Crippen LogP contribution in [0.25, 0.3) is 10.2 Å². The zero-order chi connectivity index (χ0) is 26.0. The van der Waals surface area contributed by atoms with Crippen molar-refractivity contribution in [2.24, 2.45) is 0 Å². The second kappa shape index (κ2) is 11.0. The summed E-state index contributed by atoms with van der Waals surface area (Å²) in [4.78, 5) is 44.7. The van der Waals surface area contributed by atoms with E-state index in [1.807, 2.05) is 39.0 Å². The van der Waals surface area contributed by atoms with Crippen molar-refractivity contribution < 1.29 is 9.59 Å². The molecule has 0 aliphatic heterocycles. The Hall–Kier alpha value is -2.85. The first-order chi connectivity index (χ1) is 17.2. The number of aryl methyl sites for hydroxylation is 3. The normalized spacial score (nSPS) is 15.1. The van der Waals surface area contributed by atoms with E-state index in [0.29, 0.717) is 27.1 Å². The summed E-state index contributed by atoms with van der Waals surface area (Å²) in [6.45, 7) is 7.60. The SMILES string of the molecule is CCC(Sc1nc2sc(C(=O)Nc3ccc(C)cc3C)c(C)c2c(=O)n1N)C(=O)NC1CCCCC1. The van der Waals surface area contributed by atoms with Crippen molar-refractivity contribution >= 4 is 50.8 Å². The number of benzene rings is 1. The van der Waals surface area contributed by atoms with Gasteiger partial charge in [-0.3, -0.25) is 14.4 Å². The molecular weight excluding hydrogens is 494 g/mol. The second-order valence-electron chi connectivity index (χ2n) is 9.44. The lowest BCUT2D eigenvalue weighted by Crippen LogP contribution is -2.41. The molecule has 1 aliphatic rings. The van der Waals surface area contributed by atoms with Gasteiger partial charge in [-0.15, -0.1) is 11.3 Å². The van der Waals surface area contributed by atoms with E-state index in [1.165, 1.54) is 18.2 Å². The molecule has 2 heterocycles. The highest BCUT2D eigenvalue weighted by Gasteiger charge is 2.26. The molecule has 2 amide bonds. The van der Waals surface area contributed by atoms with Crippen molar-refractivity contribution in [3.63, 3.8) is 0 Å². The number of carbonyl (C=O) groups is 2. The summed E-state index contributed by atoms with van der Waals surface area (Å²) < 4.78 is 0.995. The van der Waals surface area contributed by atoms with Crippen molar-refractivity contribution in [3.05, 3.63) is 50.1 Å². The molecule has 0 bridgehead atoms. The van der Waals surface area contributed by atoms with E-state index >= 15 is 0 Å². The van der Waals surface area contributed by atoms with Crippen LogP contribution in [0.15, 0.2) is 28.2 Å². The summed E-state index contributed by atoms with van der Waals surface area (Å²) >= 11 is 2.35. The average molecular weight is 528 g/mol. The number of hydrogen-bond acceptors (Lipinski definition) is 7. The molecule has 3 aromatic rings. The van der Waals surface area contributed by atoms with Crippen molar-refractivity contribution in [1.29, 1.82) is 0 Å². The molecule has 1 atom stereocenters. The minimum Gasteiger partial charge on any atom is -0.352 e. The predicted octanol–water partition coefficient (Wildman–Crippen LogP) is 4.67. The Kier molecular flexibility index (Phi) is 8.04. The van der Waals surface area contributed by atoms with Gasteiger partial charge in [-0.1, -0.05) is 55.6 Å². The van der Waals surface area contributed by atoms with E-state index in [1.54, 1.807) is 6.92 Å². The predicted molar refractivity (Wildman–Crippen MR) is 148 cm³/mol. The van der Waals surface area contributed by atoms with Gasteiger partial charge in [0.1, 0.15) is 4.83 Å². The number of nitrogen functional groups attached to an aromatic ring is 1. The summed E-state index contributed by atoms with van der Waals surface area (Å²) in [6.07, 6.45) is 6.05. The fourth-order valence-corrected chi connectivity index (χ4v) is 6.66. The van der Waals surface area contributed by atoms with Gasteiger partial charge in [0.25, 0.3) is 11.5 Å². The van der Waals surface area contributed by atoms with Crippen LogP contribution in [0, 0.1) is 20.8 Å². The Morgan fingerprint density at radius 3 is 2.61 bits per heavy atom. The maximum Gasteiger partial charge on any atom is 0.281 e. The maximum atomic E-state index is 13.2. The van der Waals surface area contributed by atoms with E-state index < -0.39 is 10.8 Å². The minimum absolute atomic E-state index is 0.0559. The van der Waals surface area contributed by atoms with Crippen LogP contribution in [0.2, 0.25) is 0 Å². The van der Waals surface area contributed by atoms with Crippen LogP contribution in [0.5, 0.6) is 0 Å². The Labute approximate surface area is 219 Å². The van der Waals surface area contributed by atoms with Crippen LogP contribution < -0.4 is 22.0 Å². The third-order valence-electron chi connectivity index (χ3n) is 6.66. The van der Waals surface area contributed by atoms with Crippen LogP contribution in [0.3, 0.4) is 0 Å². The number of carbonyl (C=O) groups excluding carboxylic acids is 2. The number of anilines is 1. The molecule has 1 fully saturated rings. The van der Waals surface area contributed by atoms with E-state index in [0.717, 1.165) is 58.5 Å². The third kappa shape index (κ3) is 5.44. The van der Waals surface area contributed by atoms with Crippen LogP contribution in [0.1, 0.15) is 71.8 Å². The van der Waals surface area contributed by atoms with Gasteiger partial charge in [0.2, 0.25) is 5.91 Å². The topological polar surface area (TPSA) is 119 Å².